The van der Waals surface area contributed by atoms with Gasteiger partial charge in [-0.3, -0.25) is 9.59 Å². The van der Waals surface area contributed by atoms with E-state index in [0.717, 1.165) is 6.42 Å². The predicted octanol–water partition coefficient (Wildman–Crippen LogP) is 2.38. The fraction of sp³-hybridized carbons (Fsp3) is 0.800. The van der Waals surface area contributed by atoms with E-state index >= 15 is 0 Å². The highest BCUT2D eigenvalue weighted by molar-refractivity contribution is 8.00. The Kier molecular flexibility index (Phi) is 6.96. The highest BCUT2D eigenvalue weighted by Crippen LogP contribution is 2.65. The monoisotopic (exact) mass is 454 g/mol. The molecule has 0 unspecified atom stereocenters. The molecule has 2 fully saturated rings. The summed E-state index contributed by atoms with van der Waals surface area (Å²) >= 11 is 2.53. The van der Waals surface area contributed by atoms with Crippen molar-refractivity contribution >= 4 is 35.3 Å². The normalized spacial score (nSPS) is 26.7. The molecule has 8 nitrogen and oxygen atoms in total. The molecule has 3 rings (SSSR count). The second-order valence-corrected chi connectivity index (χ2v) is 10.9. The molecule has 0 aliphatic heterocycles. The fourth-order valence-electron chi connectivity index (χ4n) is 5.04. The molecule has 1 heterocycles. The summed E-state index contributed by atoms with van der Waals surface area (Å²) in [5, 5.41) is 12.4. The molecule has 2 saturated carbocycles. The molecular formula is C20H34N6O2S2. The lowest BCUT2D eigenvalue weighted by Crippen LogP contribution is -2.47. The molecule has 2 aliphatic carbocycles. The number of rotatable bonds is 9. The van der Waals surface area contributed by atoms with Crippen LogP contribution in [0.15, 0.2) is 10.3 Å². The van der Waals surface area contributed by atoms with E-state index in [1.807, 2.05) is 13.8 Å². The number of amides is 2. The van der Waals surface area contributed by atoms with Gasteiger partial charge in [0.05, 0.1) is 11.5 Å². The minimum atomic E-state index is 0.00323. The van der Waals surface area contributed by atoms with Crippen LogP contribution in [0.2, 0.25) is 0 Å². The quantitative estimate of drug-likeness (QED) is 0.436. The summed E-state index contributed by atoms with van der Waals surface area (Å²) in [4.78, 5) is 26.5. The van der Waals surface area contributed by atoms with E-state index in [4.69, 9.17) is 5.84 Å². The maximum Gasteiger partial charge on any atom is 0.233 e. The van der Waals surface area contributed by atoms with Gasteiger partial charge >= 0.3 is 0 Å². The van der Waals surface area contributed by atoms with E-state index in [2.05, 4.69) is 36.3 Å². The van der Waals surface area contributed by atoms with E-state index in [9.17, 15) is 9.59 Å². The summed E-state index contributed by atoms with van der Waals surface area (Å²) < 4.78 is 1.36. The molecule has 3 atom stereocenters. The average Bonchev–Trinajstić information content (AvgIpc) is 3.23. The Labute approximate surface area is 187 Å². The number of aromatic nitrogens is 3. The number of carbonyl (C=O) groups is 2. The minimum Gasteiger partial charge on any atom is -0.352 e. The SMILES string of the molecule is CCN(CC)C(=O)CSc1nnc(SCC(=O)N[C@@H]2C[C@H]3CC[C@@]2(C)C3(C)C)n1N. The van der Waals surface area contributed by atoms with E-state index < -0.39 is 0 Å². The topological polar surface area (TPSA) is 106 Å². The number of hydrogen-bond donors (Lipinski definition) is 2. The van der Waals surface area contributed by atoms with Gasteiger partial charge in [0.2, 0.25) is 22.1 Å². The first-order valence-electron chi connectivity index (χ1n) is 10.7. The molecule has 0 spiro atoms. The van der Waals surface area contributed by atoms with Gasteiger partial charge < -0.3 is 16.1 Å². The average molecular weight is 455 g/mol. The molecular weight excluding hydrogens is 420 g/mol. The number of hydrogen-bond acceptors (Lipinski definition) is 7. The molecule has 10 heteroatoms. The van der Waals surface area contributed by atoms with Crippen molar-refractivity contribution in [1.29, 1.82) is 0 Å². The summed E-state index contributed by atoms with van der Waals surface area (Å²) in [5.41, 5.74) is 0.428. The molecule has 2 amide bonds. The molecule has 2 aliphatic rings. The lowest BCUT2D eigenvalue weighted by atomic mass is 9.69. The van der Waals surface area contributed by atoms with Gasteiger partial charge in [-0.15, -0.1) is 10.2 Å². The Morgan fingerprint density at radius 1 is 1.17 bits per heavy atom. The lowest BCUT2D eigenvalue weighted by molar-refractivity contribution is -0.128. The van der Waals surface area contributed by atoms with Gasteiger partial charge in [-0.05, 0) is 49.9 Å². The Balaban J connectivity index is 1.50. The zero-order valence-electron chi connectivity index (χ0n) is 18.6. The molecule has 2 bridgehead atoms. The number of nitrogens with two attached hydrogens (primary N) is 1. The third kappa shape index (κ3) is 4.17. The van der Waals surface area contributed by atoms with E-state index in [1.54, 1.807) is 4.90 Å². The van der Waals surface area contributed by atoms with Crippen molar-refractivity contribution in [2.45, 2.75) is 70.2 Å². The number of thioether (sulfide) groups is 2. The first-order chi connectivity index (χ1) is 14.1. The van der Waals surface area contributed by atoms with Crippen LogP contribution in [-0.2, 0) is 9.59 Å². The molecule has 30 heavy (non-hydrogen) atoms. The lowest BCUT2D eigenvalue weighted by Gasteiger charge is -2.39. The summed E-state index contributed by atoms with van der Waals surface area (Å²) in [5.74, 6) is 7.32. The van der Waals surface area contributed by atoms with Crippen molar-refractivity contribution < 1.29 is 9.59 Å². The summed E-state index contributed by atoms with van der Waals surface area (Å²) in [7, 11) is 0. The van der Waals surface area contributed by atoms with Crippen molar-refractivity contribution in [3.05, 3.63) is 0 Å². The van der Waals surface area contributed by atoms with Crippen molar-refractivity contribution in [3.8, 4) is 0 Å². The van der Waals surface area contributed by atoms with Crippen molar-refractivity contribution in [3.63, 3.8) is 0 Å². The van der Waals surface area contributed by atoms with Gasteiger partial charge in [-0.1, -0.05) is 44.3 Å². The molecule has 1 aromatic heterocycles. The Morgan fingerprint density at radius 2 is 1.77 bits per heavy atom. The first-order valence-corrected chi connectivity index (χ1v) is 12.6. The highest BCUT2D eigenvalue weighted by Gasteiger charge is 2.61. The second-order valence-electron chi connectivity index (χ2n) is 9.01. The number of nitrogen functional groups attached to an aromatic ring is 1. The highest BCUT2D eigenvalue weighted by atomic mass is 32.2. The van der Waals surface area contributed by atoms with Crippen LogP contribution in [0.1, 0.15) is 53.9 Å². The third-order valence-corrected chi connectivity index (χ3v) is 9.41. The van der Waals surface area contributed by atoms with E-state index in [1.165, 1.54) is 41.0 Å². The molecule has 0 saturated heterocycles. The van der Waals surface area contributed by atoms with Crippen molar-refractivity contribution in [1.82, 2.24) is 25.1 Å². The van der Waals surface area contributed by atoms with Crippen LogP contribution in [-0.4, -0.2) is 62.2 Å². The van der Waals surface area contributed by atoms with Gasteiger partial charge in [-0.2, -0.15) is 0 Å². The molecule has 0 radical (unpaired) electrons. The molecule has 3 N–H and O–H groups in total. The molecule has 168 valence electrons. The Hall–Kier alpha value is -1.42. The number of nitrogens with zero attached hydrogens (tertiary/aromatic N) is 4. The zero-order chi connectivity index (χ0) is 22.1. The van der Waals surface area contributed by atoms with Crippen LogP contribution < -0.4 is 11.2 Å². The number of nitrogens with one attached hydrogen (secondary N) is 1. The number of carbonyl (C=O) groups excluding carboxylic acids is 2. The van der Waals surface area contributed by atoms with Crippen LogP contribution in [0.3, 0.4) is 0 Å². The van der Waals surface area contributed by atoms with Crippen LogP contribution in [0, 0.1) is 16.7 Å². The van der Waals surface area contributed by atoms with Crippen LogP contribution in [0.25, 0.3) is 0 Å². The summed E-state index contributed by atoms with van der Waals surface area (Å²) in [6.07, 6.45) is 3.50. The van der Waals surface area contributed by atoms with Crippen LogP contribution >= 0.6 is 23.5 Å². The van der Waals surface area contributed by atoms with Crippen molar-refractivity contribution in [2.24, 2.45) is 16.7 Å². The second kappa shape index (κ2) is 8.98. The Morgan fingerprint density at radius 3 is 2.27 bits per heavy atom. The van der Waals surface area contributed by atoms with E-state index in [0.29, 0.717) is 29.3 Å². The van der Waals surface area contributed by atoms with Crippen LogP contribution in [0.5, 0.6) is 0 Å². The Bertz CT molecular complexity index is 794. The summed E-state index contributed by atoms with van der Waals surface area (Å²) in [6.45, 7) is 12.3. The van der Waals surface area contributed by atoms with Gasteiger partial charge in [0.1, 0.15) is 0 Å². The van der Waals surface area contributed by atoms with E-state index in [-0.39, 0.29) is 40.2 Å². The minimum absolute atomic E-state index is 0.00323. The summed E-state index contributed by atoms with van der Waals surface area (Å²) in [6, 6.07) is 0.229. The smallest absolute Gasteiger partial charge is 0.233 e. The maximum absolute atomic E-state index is 12.6. The van der Waals surface area contributed by atoms with Crippen molar-refractivity contribution in [2.75, 3.05) is 30.4 Å². The molecule has 1 aromatic rings. The zero-order valence-corrected chi connectivity index (χ0v) is 20.2. The van der Waals surface area contributed by atoms with Crippen LogP contribution in [0.4, 0.5) is 0 Å². The van der Waals surface area contributed by atoms with Gasteiger partial charge in [-0.25, -0.2) is 4.68 Å². The standard InChI is InChI=1S/C20H34N6O2S2/c1-6-25(7-2)16(28)12-30-18-24-23-17(26(18)21)29-11-15(27)22-14-10-13-8-9-20(14,5)19(13,3)4/h13-14H,6-12,21H2,1-5H3,(H,22,27)/t13-,14-,20-/m1/s1. The van der Waals surface area contributed by atoms with Gasteiger partial charge in [0.15, 0.2) is 0 Å². The predicted molar refractivity (Wildman–Crippen MR) is 121 cm³/mol. The third-order valence-electron chi connectivity index (χ3n) is 7.54. The first kappa shape index (κ1) is 23.2. The largest absolute Gasteiger partial charge is 0.352 e. The number of fused-ring (bicyclic) bond motifs is 2. The van der Waals surface area contributed by atoms with Gasteiger partial charge in [0, 0.05) is 19.1 Å². The fourth-order valence-corrected chi connectivity index (χ4v) is 6.53. The van der Waals surface area contributed by atoms with Gasteiger partial charge in [0.25, 0.3) is 0 Å². The maximum atomic E-state index is 12.6. The molecule has 0 aromatic carbocycles.